The number of nitrogens with zero attached hydrogens (tertiary/aromatic N) is 3. The van der Waals surface area contributed by atoms with Crippen molar-refractivity contribution >= 4 is 55.9 Å². The fourth-order valence-corrected chi connectivity index (χ4v) is 9.64. The van der Waals surface area contributed by atoms with E-state index in [1.54, 1.807) is 0 Å². The average molecular weight is 770 g/mol. The fourth-order valence-electron chi connectivity index (χ4n) is 9.64. The van der Waals surface area contributed by atoms with Crippen LogP contribution < -0.4 is 9.80 Å². The number of hydrogen-bond donors (Lipinski definition) is 0. The largest absolute Gasteiger partial charge is 0.310 e. The molecule has 0 atom stereocenters. The molecule has 9 aromatic carbocycles. The maximum absolute atomic E-state index is 2.45. The Morgan fingerprint density at radius 2 is 0.833 bits per heavy atom. The molecule has 0 saturated carbocycles. The first-order valence-corrected chi connectivity index (χ1v) is 20.8. The maximum atomic E-state index is 2.45. The van der Waals surface area contributed by atoms with Crippen LogP contribution in [0.1, 0.15) is 25.0 Å². The van der Waals surface area contributed by atoms with Gasteiger partial charge in [0, 0.05) is 56.0 Å². The zero-order chi connectivity index (χ0) is 40.2. The summed E-state index contributed by atoms with van der Waals surface area (Å²) in [4.78, 5) is 4.74. The SMILES string of the molecule is CC1(C)c2ccccc2-c2ccc3c(c21)c1cc(-c2cc(N(c4ccccc4)c4ccccc4)cc(N(c4ccccc4)c4ccccc4)c2)ccc1n3-c1ccccc1. The Labute approximate surface area is 351 Å². The van der Waals surface area contributed by atoms with Gasteiger partial charge in [0.15, 0.2) is 0 Å². The molecule has 1 aliphatic carbocycles. The number of aromatic nitrogens is 1. The van der Waals surface area contributed by atoms with E-state index in [9.17, 15) is 0 Å². The molecule has 3 nitrogen and oxygen atoms in total. The van der Waals surface area contributed by atoms with Gasteiger partial charge in [0.1, 0.15) is 0 Å². The molecule has 0 unspecified atom stereocenters. The second-order valence-corrected chi connectivity index (χ2v) is 16.2. The van der Waals surface area contributed by atoms with Crippen molar-refractivity contribution < 1.29 is 0 Å². The van der Waals surface area contributed by atoms with Crippen molar-refractivity contribution in [1.82, 2.24) is 4.57 Å². The fraction of sp³-hybridized carbons (Fsp3) is 0.0526. The molecule has 0 spiro atoms. The van der Waals surface area contributed by atoms with Gasteiger partial charge in [-0.15, -0.1) is 0 Å². The van der Waals surface area contributed by atoms with Crippen LogP contribution in [0.4, 0.5) is 34.1 Å². The summed E-state index contributed by atoms with van der Waals surface area (Å²) in [6.45, 7) is 4.79. The predicted octanol–water partition coefficient (Wildman–Crippen LogP) is 15.7. The highest BCUT2D eigenvalue weighted by atomic mass is 15.2. The van der Waals surface area contributed by atoms with Crippen LogP contribution in [0.15, 0.2) is 224 Å². The molecule has 1 aromatic heterocycles. The van der Waals surface area contributed by atoms with Gasteiger partial charge < -0.3 is 14.4 Å². The smallest absolute Gasteiger partial charge is 0.0544 e. The summed E-state index contributed by atoms with van der Waals surface area (Å²) in [7, 11) is 0. The number of para-hydroxylation sites is 5. The van der Waals surface area contributed by atoms with E-state index in [1.807, 2.05) is 0 Å². The van der Waals surface area contributed by atoms with E-state index in [-0.39, 0.29) is 5.41 Å². The van der Waals surface area contributed by atoms with Crippen molar-refractivity contribution in [2.75, 3.05) is 9.80 Å². The summed E-state index contributed by atoms with van der Waals surface area (Å²) in [5.74, 6) is 0. The van der Waals surface area contributed by atoms with Crippen LogP contribution in [-0.2, 0) is 5.41 Å². The van der Waals surface area contributed by atoms with Gasteiger partial charge in [0.2, 0.25) is 0 Å². The van der Waals surface area contributed by atoms with Gasteiger partial charge in [-0.3, -0.25) is 0 Å². The lowest BCUT2D eigenvalue weighted by Crippen LogP contribution is -2.15. The number of anilines is 6. The minimum Gasteiger partial charge on any atom is -0.310 e. The summed E-state index contributed by atoms with van der Waals surface area (Å²) < 4.78 is 2.45. The third-order valence-electron chi connectivity index (χ3n) is 12.3. The highest BCUT2D eigenvalue weighted by Crippen LogP contribution is 2.54. The first-order chi connectivity index (χ1) is 29.5. The third kappa shape index (κ3) is 5.81. The normalized spacial score (nSPS) is 12.6. The Morgan fingerprint density at radius 1 is 0.367 bits per heavy atom. The van der Waals surface area contributed by atoms with Crippen LogP contribution in [0.2, 0.25) is 0 Å². The van der Waals surface area contributed by atoms with E-state index in [0.29, 0.717) is 0 Å². The number of fused-ring (bicyclic) bond motifs is 7. The summed E-state index contributed by atoms with van der Waals surface area (Å²) >= 11 is 0. The Morgan fingerprint density at radius 3 is 1.37 bits per heavy atom. The summed E-state index contributed by atoms with van der Waals surface area (Å²) in [6, 6.07) is 81.4. The Hall–Kier alpha value is -7.62. The first-order valence-electron chi connectivity index (χ1n) is 20.8. The third-order valence-corrected chi connectivity index (χ3v) is 12.3. The monoisotopic (exact) mass is 769 g/mol. The molecule has 286 valence electrons. The number of benzene rings is 9. The molecule has 0 saturated heterocycles. The molecule has 3 heteroatoms. The topological polar surface area (TPSA) is 11.4 Å². The lowest BCUT2D eigenvalue weighted by molar-refractivity contribution is 0.666. The van der Waals surface area contributed by atoms with Crippen LogP contribution in [0.5, 0.6) is 0 Å². The van der Waals surface area contributed by atoms with Gasteiger partial charge in [-0.1, -0.05) is 141 Å². The quantitative estimate of drug-likeness (QED) is 0.152. The second-order valence-electron chi connectivity index (χ2n) is 16.2. The van der Waals surface area contributed by atoms with Crippen molar-refractivity contribution in [3.63, 3.8) is 0 Å². The van der Waals surface area contributed by atoms with Crippen LogP contribution in [0.25, 0.3) is 49.7 Å². The molecule has 11 rings (SSSR count). The minimum absolute atomic E-state index is 0.179. The van der Waals surface area contributed by atoms with Gasteiger partial charge >= 0.3 is 0 Å². The molecular weight excluding hydrogens is 727 g/mol. The van der Waals surface area contributed by atoms with E-state index in [4.69, 9.17) is 0 Å². The lowest BCUT2D eigenvalue weighted by Gasteiger charge is -2.30. The Balaban J connectivity index is 1.21. The molecular formula is C57H43N3. The predicted molar refractivity (Wildman–Crippen MR) is 253 cm³/mol. The molecule has 0 fully saturated rings. The van der Waals surface area contributed by atoms with Crippen molar-refractivity contribution in [2.45, 2.75) is 19.3 Å². The summed E-state index contributed by atoms with van der Waals surface area (Å²) in [6.07, 6.45) is 0. The lowest BCUT2D eigenvalue weighted by atomic mass is 9.80. The maximum Gasteiger partial charge on any atom is 0.0544 e. The molecule has 0 aliphatic heterocycles. The molecule has 60 heavy (non-hydrogen) atoms. The van der Waals surface area contributed by atoms with E-state index < -0.39 is 0 Å². The van der Waals surface area contributed by atoms with Crippen molar-refractivity contribution in [2.24, 2.45) is 0 Å². The molecule has 10 aromatic rings. The van der Waals surface area contributed by atoms with Gasteiger partial charge in [-0.05, 0) is 130 Å². The standard InChI is InChI=1S/C57H43N3/c1-57(2)52-31-19-18-30-49(52)50-33-35-54-55(56(50)57)51-38-40(32-34-53(51)60(54)46-28-16-7-17-29-46)41-36-47(58(42-20-8-3-9-21-42)43-22-10-4-11-23-43)39-48(37-41)59(44-24-12-5-13-25-44)45-26-14-6-15-27-45/h3-39H,1-2H3. The zero-order valence-corrected chi connectivity index (χ0v) is 33.7. The van der Waals surface area contributed by atoms with Crippen LogP contribution in [0, 0.1) is 0 Å². The Bertz CT molecular complexity index is 2970. The van der Waals surface area contributed by atoms with E-state index in [1.165, 1.54) is 44.1 Å². The molecule has 1 aliphatic rings. The molecule has 0 bridgehead atoms. The van der Waals surface area contributed by atoms with Gasteiger partial charge in [0.05, 0.1) is 11.0 Å². The van der Waals surface area contributed by atoms with Crippen molar-refractivity contribution in [3.8, 4) is 27.9 Å². The van der Waals surface area contributed by atoms with Crippen molar-refractivity contribution in [3.05, 3.63) is 236 Å². The van der Waals surface area contributed by atoms with Gasteiger partial charge in [-0.2, -0.15) is 0 Å². The average Bonchev–Trinajstić information content (AvgIpc) is 3.76. The number of hydrogen-bond acceptors (Lipinski definition) is 2. The van der Waals surface area contributed by atoms with E-state index in [2.05, 4.69) is 253 Å². The Kier molecular flexibility index (Phi) is 8.49. The zero-order valence-electron chi connectivity index (χ0n) is 33.7. The van der Waals surface area contributed by atoms with E-state index >= 15 is 0 Å². The molecule has 0 radical (unpaired) electrons. The summed E-state index contributed by atoms with van der Waals surface area (Å²) in [5.41, 5.74) is 17.6. The van der Waals surface area contributed by atoms with E-state index in [0.717, 1.165) is 50.9 Å². The highest BCUT2D eigenvalue weighted by Gasteiger charge is 2.38. The molecule has 1 heterocycles. The molecule has 0 N–H and O–H groups in total. The van der Waals surface area contributed by atoms with Crippen molar-refractivity contribution in [1.29, 1.82) is 0 Å². The summed E-state index contributed by atoms with van der Waals surface area (Å²) in [5, 5.41) is 2.57. The number of rotatable bonds is 8. The minimum atomic E-state index is -0.179. The van der Waals surface area contributed by atoms with Crippen LogP contribution >= 0.6 is 0 Å². The first kappa shape index (κ1) is 35.5. The van der Waals surface area contributed by atoms with Crippen LogP contribution in [-0.4, -0.2) is 4.57 Å². The molecule has 0 amide bonds. The van der Waals surface area contributed by atoms with Crippen LogP contribution in [0.3, 0.4) is 0 Å². The highest BCUT2D eigenvalue weighted by molar-refractivity contribution is 6.15. The second kappa shape index (κ2) is 14.3. The van der Waals surface area contributed by atoms with Gasteiger partial charge in [0.25, 0.3) is 0 Å². The van der Waals surface area contributed by atoms with Gasteiger partial charge in [-0.25, -0.2) is 0 Å².